The number of hydrogen-bond donors (Lipinski definition) is 3. The molecule has 1 atom stereocenters. The number of rotatable bonds is 7. The second-order valence-corrected chi connectivity index (χ2v) is 12.9. The van der Waals surface area contributed by atoms with Gasteiger partial charge in [-0.05, 0) is 28.7 Å². The molecule has 2 aliphatic heterocycles. The summed E-state index contributed by atoms with van der Waals surface area (Å²) in [5, 5.41) is 21.9. The Morgan fingerprint density at radius 2 is 1.80 bits per heavy atom. The molecule has 2 aliphatic rings. The summed E-state index contributed by atoms with van der Waals surface area (Å²) in [6.45, 7) is 9.70. The molecule has 1 saturated heterocycles. The second-order valence-electron chi connectivity index (χ2n) is 11.9. The Morgan fingerprint density at radius 1 is 1.10 bits per heavy atom. The molecule has 3 aromatic rings. The summed E-state index contributed by atoms with van der Waals surface area (Å²) in [5.41, 5.74) is 3.68. The number of benzene rings is 2. The predicted octanol–water partition coefficient (Wildman–Crippen LogP) is 4.35. The number of aliphatic hydroxyl groups excluding tert-OH is 2. The number of aromatic nitrogens is 1. The van der Waals surface area contributed by atoms with Crippen molar-refractivity contribution in [2.24, 2.45) is 0 Å². The van der Waals surface area contributed by atoms with Crippen molar-refractivity contribution in [1.29, 1.82) is 0 Å². The molecule has 1 spiro atoms. The van der Waals surface area contributed by atoms with Gasteiger partial charge < -0.3 is 30.1 Å². The molecular formula is C31H40N4O4S. The average Bonchev–Trinajstić information content (AvgIpc) is 3.39. The minimum Gasteiger partial charge on any atom is -0.485 e. The Morgan fingerprint density at radius 3 is 2.50 bits per heavy atom. The van der Waals surface area contributed by atoms with Gasteiger partial charge in [0.15, 0.2) is 5.13 Å². The lowest BCUT2D eigenvalue weighted by molar-refractivity contribution is 0.0411. The molecule has 3 N–H and O–H groups in total. The average molecular weight is 565 g/mol. The normalized spacial score (nSPS) is 17.6. The van der Waals surface area contributed by atoms with Gasteiger partial charge in [-0.25, -0.2) is 4.98 Å². The van der Waals surface area contributed by atoms with Crippen LogP contribution in [0.5, 0.6) is 5.75 Å². The number of amides is 1. The van der Waals surface area contributed by atoms with Crippen LogP contribution in [0.3, 0.4) is 0 Å². The lowest BCUT2D eigenvalue weighted by Crippen LogP contribution is -2.48. The number of carbonyl (C=O) groups is 1. The monoisotopic (exact) mass is 564 g/mol. The lowest BCUT2D eigenvalue weighted by Gasteiger charge is -2.41. The zero-order valence-electron chi connectivity index (χ0n) is 23.6. The van der Waals surface area contributed by atoms with Crippen molar-refractivity contribution >= 4 is 28.1 Å². The highest BCUT2D eigenvalue weighted by Crippen LogP contribution is 2.42. The van der Waals surface area contributed by atoms with Gasteiger partial charge in [0.1, 0.15) is 16.2 Å². The summed E-state index contributed by atoms with van der Waals surface area (Å²) < 4.78 is 6.82. The molecule has 0 saturated carbocycles. The Bertz CT molecular complexity index is 1300. The maximum absolute atomic E-state index is 12.4. The number of nitrogens with zero attached hydrogens (tertiary/aromatic N) is 3. The standard InChI is InChI=1S/C31H40N4O4S/c1-30(2,3)23-10-8-22(9-11-23)20-35-17-14-31(39-26-7-5-4-6-25(26)35)12-15-34(16-13-31)29-33-19-27(40-29)28(38)32-18-24(37)21-36/h4-11,19,24,36-37H,12-18,20-21H2,1-3H3,(H,32,38)/t24-/m0/s1. The number of para-hydroxylation sites is 2. The topological polar surface area (TPSA) is 98.2 Å². The highest BCUT2D eigenvalue weighted by Gasteiger charge is 2.40. The SMILES string of the molecule is CC(C)(C)c1ccc(CN2CCC3(CCN(c4ncc(C(=O)NC[C@H](O)CO)s4)CC3)Oc3ccccc32)cc1. The Balaban J connectivity index is 1.24. The molecule has 2 aromatic carbocycles. The van der Waals surface area contributed by atoms with Gasteiger partial charge in [-0.1, -0.05) is 68.5 Å². The minimum atomic E-state index is -0.968. The first-order valence-electron chi connectivity index (χ1n) is 14.1. The first-order chi connectivity index (χ1) is 19.2. The van der Waals surface area contributed by atoms with Crippen LogP contribution < -0.4 is 19.9 Å². The molecule has 214 valence electrons. The van der Waals surface area contributed by atoms with Crippen LogP contribution in [0.25, 0.3) is 0 Å². The largest absolute Gasteiger partial charge is 0.485 e. The van der Waals surface area contributed by atoms with E-state index >= 15 is 0 Å². The van der Waals surface area contributed by atoms with Crippen LogP contribution in [-0.2, 0) is 12.0 Å². The molecule has 40 heavy (non-hydrogen) atoms. The number of ether oxygens (including phenoxy) is 1. The number of carbonyl (C=O) groups excluding carboxylic acids is 1. The summed E-state index contributed by atoms with van der Waals surface area (Å²) >= 11 is 1.35. The van der Waals surface area contributed by atoms with Crippen molar-refractivity contribution in [3.8, 4) is 5.75 Å². The fourth-order valence-electron chi connectivity index (χ4n) is 5.38. The van der Waals surface area contributed by atoms with Crippen molar-refractivity contribution in [3.63, 3.8) is 0 Å². The number of anilines is 2. The molecule has 1 amide bonds. The van der Waals surface area contributed by atoms with E-state index in [4.69, 9.17) is 9.84 Å². The van der Waals surface area contributed by atoms with E-state index < -0.39 is 12.7 Å². The maximum Gasteiger partial charge on any atom is 0.263 e. The van der Waals surface area contributed by atoms with Gasteiger partial charge >= 0.3 is 0 Å². The predicted molar refractivity (Wildman–Crippen MR) is 160 cm³/mol. The molecule has 1 fully saturated rings. The molecule has 0 bridgehead atoms. The summed E-state index contributed by atoms with van der Waals surface area (Å²) in [6, 6.07) is 17.4. The number of piperidine rings is 1. The number of aliphatic hydroxyl groups is 2. The van der Waals surface area contributed by atoms with Crippen LogP contribution in [0.15, 0.2) is 54.7 Å². The Labute approximate surface area is 240 Å². The van der Waals surface area contributed by atoms with Gasteiger partial charge in [0.05, 0.1) is 24.6 Å². The third kappa shape index (κ3) is 6.43. The third-order valence-corrected chi connectivity index (χ3v) is 8.99. The van der Waals surface area contributed by atoms with Gasteiger partial charge in [-0.15, -0.1) is 0 Å². The van der Waals surface area contributed by atoms with Crippen LogP contribution in [-0.4, -0.2) is 65.6 Å². The molecule has 1 aromatic heterocycles. The van der Waals surface area contributed by atoms with Crippen molar-refractivity contribution in [2.75, 3.05) is 42.6 Å². The number of hydrogen-bond acceptors (Lipinski definition) is 8. The van der Waals surface area contributed by atoms with Gasteiger partial charge in [-0.3, -0.25) is 4.79 Å². The summed E-state index contributed by atoms with van der Waals surface area (Å²) in [5.74, 6) is 0.652. The highest BCUT2D eigenvalue weighted by molar-refractivity contribution is 7.17. The quantitative estimate of drug-likeness (QED) is 0.393. The zero-order valence-corrected chi connectivity index (χ0v) is 24.4. The zero-order chi connectivity index (χ0) is 28.3. The van der Waals surface area contributed by atoms with Crippen LogP contribution in [0.1, 0.15) is 60.8 Å². The number of nitrogens with one attached hydrogen (secondary N) is 1. The first kappa shape index (κ1) is 28.4. The Hall–Kier alpha value is -3.14. The first-order valence-corrected chi connectivity index (χ1v) is 14.9. The second kappa shape index (κ2) is 11.8. The Kier molecular flexibility index (Phi) is 8.35. The fourth-order valence-corrected chi connectivity index (χ4v) is 6.26. The highest BCUT2D eigenvalue weighted by atomic mass is 32.1. The van der Waals surface area contributed by atoms with E-state index in [2.05, 4.69) is 83.3 Å². The van der Waals surface area contributed by atoms with Crippen LogP contribution in [0.4, 0.5) is 10.8 Å². The van der Waals surface area contributed by atoms with E-state index in [1.165, 1.54) is 22.5 Å². The summed E-state index contributed by atoms with van der Waals surface area (Å²) in [7, 11) is 0. The lowest BCUT2D eigenvalue weighted by atomic mass is 9.86. The molecular weight excluding hydrogens is 524 g/mol. The molecule has 8 nitrogen and oxygen atoms in total. The van der Waals surface area contributed by atoms with Gasteiger partial charge in [0, 0.05) is 52.0 Å². The molecule has 0 unspecified atom stereocenters. The van der Waals surface area contributed by atoms with E-state index in [-0.39, 0.29) is 23.5 Å². The van der Waals surface area contributed by atoms with E-state index in [0.29, 0.717) is 4.88 Å². The number of fused-ring (bicyclic) bond motifs is 1. The van der Waals surface area contributed by atoms with E-state index in [9.17, 15) is 9.90 Å². The molecule has 9 heteroatoms. The van der Waals surface area contributed by atoms with Crippen LogP contribution >= 0.6 is 11.3 Å². The summed E-state index contributed by atoms with van der Waals surface area (Å²) in [6.07, 6.45) is 3.30. The maximum atomic E-state index is 12.4. The van der Waals surface area contributed by atoms with Crippen molar-refractivity contribution in [2.45, 2.75) is 63.7 Å². The van der Waals surface area contributed by atoms with Gasteiger partial charge in [-0.2, -0.15) is 0 Å². The fraction of sp³-hybridized carbons (Fsp3) is 0.484. The molecule has 3 heterocycles. The smallest absolute Gasteiger partial charge is 0.263 e. The van der Waals surface area contributed by atoms with Gasteiger partial charge in [0.2, 0.25) is 0 Å². The molecule has 5 rings (SSSR count). The molecule has 0 aliphatic carbocycles. The third-order valence-electron chi connectivity index (χ3n) is 7.93. The summed E-state index contributed by atoms with van der Waals surface area (Å²) in [4.78, 5) is 22.1. The van der Waals surface area contributed by atoms with Crippen molar-refractivity contribution in [1.82, 2.24) is 10.3 Å². The van der Waals surface area contributed by atoms with Crippen LogP contribution in [0, 0.1) is 0 Å². The van der Waals surface area contributed by atoms with Crippen molar-refractivity contribution in [3.05, 3.63) is 70.7 Å². The minimum absolute atomic E-state index is 0.00680. The van der Waals surface area contributed by atoms with Gasteiger partial charge in [0.25, 0.3) is 5.91 Å². The van der Waals surface area contributed by atoms with Crippen LogP contribution in [0.2, 0.25) is 0 Å². The van der Waals surface area contributed by atoms with Crippen molar-refractivity contribution < 1.29 is 19.7 Å². The van der Waals surface area contributed by atoms with E-state index in [0.717, 1.165) is 62.0 Å². The molecule has 0 radical (unpaired) electrons. The van der Waals surface area contributed by atoms with E-state index in [1.807, 2.05) is 6.07 Å². The van der Waals surface area contributed by atoms with E-state index in [1.54, 1.807) is 6.20 Å². The number of thiazole rings is 1.